The third-order valence-electron chi connectivity index (χ3n) is 3.36. The lowest BCUT2D eigenvalue weighted by Crippen LogP contribution is -2.27. The predicted molar refractivity (Wildman–Crippen MR) is 86.7 cm³/mol. The molecule has 0 saturated carbocycles. The molecule has 0 fully saturated rings. The smallest absolute Gasteiger partial charge is 0.335 e. The van der Waals surface area contributed by atoms with Gasteiger partial charge < -0.3 is 5.11 Å². The van der Waals surface area contributed by atoms with Crippen molar-refractivity contribution in [1.29, 1.82) is 0 Å². The van der Waals surface area contributed by atoms with Gasteiger partial charge in [-0.3, -0.25) is 4.98 Å². The monoisotopic (exact) mass is 334 g/mol. The fourth-order valence-electron chi connectivity index (χ4n) is 2.19. The molecule has 2 N–H and O–H groups in total. The number of hydrogen-bond donors (Lipinski definition) is 2. The van der Waals surface area contributed by atoms with Crippen LogP contribution in [-0.2, 0) is 22.2 Å². The van der Waals surface area contributed by atoms with Gasteiger partial charge in [0, 0.05) is 18.4 Å². The third kappa shape index (κ3) is 5.15. The minimum Gasteiger partial charge on any atom is -0.478 e. The van der Waals surface area contributed by atoms with E-state index in [0.717, 1.165) is 11.3 Å². The first kappa shape index (κ1) is 17.1. The van der Waals surface area contributed by atoms with Crippen molar-refractivity contribution in [2.45, 2.75) is 19.1 Å². The van der Waals surface area contributed by atoms with E-state index < -0.39 is 16.0 Å². The van der Waals surface area contributed by atoms with E-state index in [0.29, 0.717) is 12.0 Å². The van der Waals surface area contributed by atoms with E-state index in [1.807, 2.05) is 19.1 Å². The molecule has 0 amide bonds. The molecule has 0 aliphatic rings. The second-order valence-corrected chi connectivity index (χ2v) is 6.96. The molecular formula is C16H18N2O4S. The summed E-state index contributed by atoms with van der Waals surface area (Å²) in [6, 6.07) is 9.65. The maximum Gasteiger partial charge on any atom is 0.335 e. The quantitative estimate of drug-likeness (QED) is 0.804. The molecule has 0 bridgehead atoms. The lowest BCUT2D eigenvalue weighted by molar-refractivity contribution is 0.0696. The van der Waals surface area contributed by atoms with Crippen molar-refractivity contribution >= 4 is 16.0 Å². The maximum absolute atomic E-state index is 12.1. The Morgan fingerprint density at radius 1 is 1.26 bits per heavy atom. The second-order valence-electron chi connectivity index (χ2n) is 5.16. The number of carboxylic acid groups (broad SMARTS) is 1. The van der Waals surface area contributed by atoms with Crippen molar-refractivity contribution in [1.82, 2.24) is 9.71 Å². The van der Waals surface area contributed by atoms with Crippen LogP contribution < -0.4 is 4.72 Å². The summed E-state index contributed by atoms with van der Waals surface area (Å²) < 4.78 is 26.7. The van der Waals surface area contributed by atoms with Crippen LogP contribution in [0.5, 0.6) is 0 Å². The van der Waals surface area contributed by atoms with Crippen LogP contribution in [0.25, 0.3) is 0 Å². The number of sulfonamides is 1. The molecule has 0 aliphatic heterocycles. The first-order valence-electron chi connectivity index (χ1n) is 7.07. The molecule has 0 aliphatic carbocycles. The summed E-state index contributed by atoms with van der Waals surface area (Å²) in [5, 5.41) is 8.93. The second kappa shape index (κ2) is 7.34. The summed E-state index contributed by atoms with van der Waals surface area (Å²) in [6.45, 7) is 2.15. The summed E-state index contributed by atoms with van der Waals surface area (Å²) in [5.41, 5.74) is 2.38. The average Bonchev–Trinajstić information content (AvgIpc) is 2.49. The molecule has 0 spiro atoms. The van der Waals surface area contributed by atoms with Gasteiger partial charge in [0.05, 0.1) is 11.3 Å². The van der Waals surface area contributed by atoms with Crippen molar-refractivity contribution in [3.8, 4) is 0 Å². The number of aromatic nitrogens is 1. The van der Waals surface area contributed by atoms with Gasteiger partial charge in [-0.15, -0.1) is 0 Å². The van der Waals surface area contributed by atoms with E-state index in [1.165, 1.54) is 18.2 Å². The van der Waals surface area contributed by atoms with E-state index >= 15 is 0 Å². The number of carbonyl (C=O) groups is 1. The molecule has 1 aromatic carbocycles. The number of hydrogen-bond acceptors (Lipinski definition) is 4. The topological polar surface area (TPSA) is 96.4 Å². The predicted octanol–water partition coefficient (Wildman–Crippen LogP) is 1.75. The highest BCUT2D eigenvalue weighted by Gasteiger charge is 2.13. The van der Waals surface area contributed by atoms with Gasteiger partial charge in [-0.1, -0.05) is 18.2 Å². The Hall–Kier alpha value is -2.25. The SMILES string of the molecule is Cc1ncccc1CCNS(=O)(=O)Cc1cccc(C(=O)O)c1. The number of aromatic carboxylic acids is 1. The van der Waals surface area contributed by atoms with E-state index in [4.69, 9.17) is 5.11 Å². The van der Waals surface area contributed by atoms with Crippen LogP contribution in [0.1, 0.15) is 27.2 Å². The molecule has 122 valence electrons. The van der Waals surface area contributed by atoms with Gasteiger partial charge in [-0.05, 0) is 42.7 Å². The maximum atomic E-state index is 12.1. The first-order chi connectivity index (χ1) is 10.9. The standard InChI is InChI=1S/C16H18N2O4S/c1-12-14(6-3-8-17-12)7-9-18-23(21,22)11-13-4-2-5-15(10-13)16(19)20/h2-6,8,10,18H,7,9,11H2,1H3,(H,19,20). The fraction of sp³-hybridized carbons (Fsp3) is 0.250. The van der Waals surface area contributed by atoms with Crippen molar-refractivity contribution in [2.75, 3.05) is 6.54 Å². The van der Waals surface area contributed by atoms with Crippen LogP contribution >= 0.6 is 0 Å². The largest absolute Gasteiger partial charge is 0.478 e. The molecule has 0 saturated heterocycles. The summed E-state index contributed by atoms with van der Waals surface area (Å²) in [7, 11) is -3.52. The van der Waals surface area contributed by atoms with Crippen molar-refractivity contribution in [3.63, 3.8) is 0 Å². The van der Waals surface area contributed by atoms with Crippen LogP contribution in [0, 0.1) is 6.92 Å². The molecule has 0 atom stereocenters. The summed E-state index contributed by atoms with van der Waals surface area (Å²) in [5.74, 6) is -1.33. The zero-order valence-corrected chi connectivity index (χ0v) is 13.5. The highest BCUT2D eigenvalue weighted by atomic mass is 32.2. The van der Waals surface area contributed by atoms with E-state index in [-0.39, 0.29) is 17.9 Å². The normalized spacial score (nSPS) is 11.3. The number of aryl methyl sites for hydroxylation is 1. The molecule has 1 aromatic heterocycles. The molecular weight excluding hydrogens is 316 g/mol. The van der Waals surface area contributed by atoms with Crippen molar-refractivity contribution in [2.24, 2.45) is 0 Å². The van der Waals surface area contributed by atoms with Gasteiger partial charge in [-0.2, -0.15) is 0 Å². The van der Waals surface area contributed by atoms with E-state index in [2.05, 4.69) is 9.71 Å². The number of rotatable bonds is 7. The van der Waals surface area contributed by atoms with Gasteiger partial charge in [0.2, 0.25) is 10.0 Å². The molecule has 7 heteroatoms. The van der Waals surface area contributed by atoms with Gasteiger partial charge >= 0.3 is 5.97 Å². The first-order valence-corrected chi connectivity index (χ1v) is 8.73. The zero-order chi connectivity index (χ0) is 16.9. The molecule has 0 unspecified atom stereocenters. The molecule has 23 heavy (non-hydrogen) atoms. The van der Waals surface area contributed by atoms with E-state index in [1.54, 1.807) is 12.3 Å². The van der Waals surface area contributed by atoms with Crippen molar-refractivity contribution in [3.05, 3.63) is 65.0 Å². The molecule has 6 nitrogen and oxygen atoms in total. The fourth-order valence-corrected chi connectivity index (χ4v) is 3.32. The molecule has 1 heterocycles. The Bertz CT molecular complexity index is 803. The summed E-state index contributed by atoms with van der Waals surface area (Å²) >= 11 is 0. The molecule has 2 aromatic rings. The number of pyridine rings is 1. The van der Waals surface area contributed by atoms with Crippen molar-refractivity contribution < 1.29 is 18.3 Å². The lowest BCUT2D eigenvalue weighted by Gasteiger charge is -2.08. The minimum atomic E-state index is -3.52. The highest BCUT2D eigenvalue weighted by Crippen LogP contribution is 2.09. The van der Waals surface area contributed by atoms with Gasteiger partial charge in [0.25, 0.3) is 0 Å². The Kier molecular flexibility index (Phi) is 5.46. The van der Waals surface area contributed by atoms with Gasteiger partial charge in [-0.25, -0.2) is 17.9 Å². The average molecular weight is 334 g/mol. The summed E-state index contributed by atoms with van der Waals surface area (Å²) in [6.07, 6.45) is 2.24. The van der Waals surface area contributed by atoms with E-state index in [9.17, 15) is 13.2 Å². The summed E-state index contributed by atoms with van der Waals surface area (Å²) in [4.78, 5) is 15.1. The minimum absolute atomic E-state index is 0.0729. The number of nitrogens with zero attached hydrogens (tertiary/aromatic N) is 1. The highest BCUT2D eigenvalue weighted by molar-refractivity contribution is 7.88. The molecule has 2 rings (SSSR count). The Morgan fingerprint density at radius 3 is 2.74 bits per heavy atom. The van der Waals surface area contributed by atoms with Gasteiger partial charge in [0.15, 0.2) is 0 Å². The Balaban J connectivity index is 1.96. The van der Waals surface area contributed by atoms with Crippen LogP contribution in [0.2, 0.25) is 0 Å². The zero-order valence-electron chi connectivity index (χ0n) is 12.7. The van der Waals surface area contributed by atoms with Crippen LogP contribution in [0.4, 0.5) is 0 Å². The van der Waals surface area contributed by atoms with Crippen LogP contribution in [-0.4, -0.2) is 31.0 Å². The Morgan fingerprint density at radius 2 is 2.04 bits per heavy atom. The number of carboxylic acids is 1. The molecule has 0 radical (unpaired) electrons. The number of benzene rings is 1. The third-order valence-corrected chi connectivity index (χ3v) is 4.72. The Labute approximate surface area is 135 Å². The number of nitrogens with one attached hydrogen (secondary N) is 1. The van der Waals surface area contributed by atoms with Crippen LogP contribution in [0.15, 0.2) is 42.6 Å². The van der Waals surface area contributed by atoms with Gasteiger partial charge in [0.1, 0.15) is 0 Å². The van der Waals surface area contributed by atoms with Crippen LogP contribution in [0.3, 0.4) is 0 Å². The lowest BCUT2D eigenvalue weighted by atomic mass is 10.1.